The van der Waals surface area contributed by atoms with E-state index in [9.17, 15) is 0 Å². The maximum atomic E-state index is 4.28. The normalized spacial score (nSPS) is 26.4. The molecule has 2 fully saturated rings. The molecule has 2 atom stereocenters. The maximum Gasteiger partial charge on any atom is 0.0758 e. The molecule has 4 heteroatoms. The summed E-state index contributed by atoms with van der Waals surface area (Å²) in [7, 11) is 0. The third kappa shape index (κ3) is 3.33. The molecule has 1 N–H and O–H groups in total. The summed E-state index contributed by atoms with van der Waals surface area (Å²) in [4.78, 5) is 7.89. The molecule has 0 bridgehead atoms. The third-order valence-electron chi connectivity index (χ3n) is 5.44. The van der Waals surface area contributed by atoms with E-state index in [-0.39, 0.29) is 0 Å². The van der Waals surface area contributed by atoms with Gasteiger partial charge in [-0.15, -0.1) is 11.8 Å². The van der Waals surface area contributed by atoms with Crippen molar-refractivity contribution >= 4 is 24.2 Å². The molecule has 0 spiro atoms. The average Bonchev–Trinajstić information content (AvgIpc) is 2.95. The number of para-hydroxylation sites is 1. The highest BCUT2D eigenvalue weighted by molar-refractivity contribution is 7.99. The average molecular weight is 330 g/mol. The Labute approximate surface area is 144 Å². The van der Waals surface area contributed by atoms with Crippen LogP contribution in [0.2, 0.25) is 0 Å². The Kier molecular flexibility index (Phi) is 5.12. The third-order valence-corrected chi connectivity index (χ3v) is 6.39. The number of hydrogen-bond donors (Lipinski definition) is 1. The molecule has 3 rings (SSSR count). The van der Waals surface area contributed by atoms with Crippen LogP contribution in [0.3, 0.4) is 0 Å². The fourth-order valence-corrected chi connectivity index (χ4v) is 5.05. The number of aliphatic imine (C=N–C) groups is 1. The van der Waals surface area contributed by atoms with Gasteiger partial charge < -0.3 is 5.32 Å². The Hall–Kier alpha value is -1.26. The van der Waals surface area contributed by atoms with Gasteiger partial charge in [0.05, 0.1) is 11.6 Å². The zero-order valence-corrected chi connectivity index (χ0v) is 14.9. The Morgan fingerprint density at radius 3 is 3.04 bits per heavy atom. The largest absolute Gasteiger partial charge is 0.379 e. The molecule has 2 aliphatic heterocycles. The molecule has 1 aromatic carbocycles. The van der Waals surface area contributed by atoms with Crippen LogP contribution in [0.5, 0.6) is 0 Å². The van der Waals surface area contributed by atoms with E-state index in [1.54, 1.807) is 11.8 Å². The molecular weight excluding hydrogens is 302 g/mol. The van der Waals surface area contributed by atoms with E-state index < -0.39 is 0 Å². The first-order chi connectivity index (χ1) is 11.2. The molecule has 0 aliphatic carbocycles. The number of rotatable bonds is 8. The van der Waals surface area contributed by atoms with E-state index in [0.29, 0.717) is 5.41 Å². The lowest BCUT2D eigenvalue weighted by molar-refractivity contribution is -0.0493. The second-order valence-electron chi connectivity index (χ2n) is 6.72. The van der Waals surface area contributed by atoms with Crippen LogP contribution in [0.25, 0.3) is 0 Å². The van der Waals surface area contributed by atoms with Crippen LogP contribution in [0.15, 0.2) is 46.4 Å². The molecule has 0 radical (unpaired) electrons. The molecule has 2 saturated heterocycles. The highest BCUT2D eigenvalue weighted by atomic mass is 32.2. The van der Waals surface area contributed by atoms with Crippen molar-refractivity contribution in [1.29, 1.82) is 0 Å². The standard InChI is InChI=1S/C19H27N3S/c1-4-19(13-22-11-7-10-18(19)22)12-15(2)21-14-23-17-9-6-5-8-16(17)20-3/h5-6,8-9,18,21H,2-4,7,10-14H2,1H3. The number of nitrogens with zero attached hydrogens (tertiary/aromatic N) is 2. The molecule has 0 amide bonds. The van der Waals surface area contributed by atoms with Gasteiger partial charge in [0.1, 0.15) is 0 Å². The molecule has 3 nitrogen and oxygen atoms in total. The first kappa shape index (κ1) is 16.6. The summed E-state index contributed by atoms with van der Waals surface area (Å²) in [5.74, 6) is 0.833. The first-order valence-corrected chi connectivity index (χ1v) is 9.51. The second-order valence-corrected chi connectivity index (χ2v) is 7.73. The zero-order chi connectivity index (χ0) is 16.3. The lowest BCUT2D eigenvalue weighted by atomic mass is 9.67. The highest BCUT2D eigenvalue weighted by Gasteiger charge is 2.52. The minimum atomic E-state index is 0.464. The van der Waals surface area contributed by atoms with Gasteiger partial charge >= 0.3 is 0 Å². The van der Waals surface area contributed by atoms with Crippen LogP contribution in [-0.4, -0.2) is 36.6 Å². The number of nitrogens with one attached hydrogen (secondary N) is 1. The van der Waals surface area contributed by atoms with Crippen molar-refractivity contribution in [3.05, 3.63) is 36.5 Å². The van der Waals surface area contributed by atoms with E-state index >= 15 is 0 Å². The van der Waals surface area contributed by atoms with Crippen molar-refractivity contribution in [2.75, 3.05) is 19.0 Å². The molecular formula is C19H27N3S. The molecule has 1 aromatic rings. The monoisotopic (exact) mass is 329 g/mol. The molecule has 2 heterocycles. The van der Waals surface area contributed by atoms with Crippen molar-refractivity contribution in [2.45, 2.75) is 43.5 Å². The molecule has 2 aliphatic rings. The van der Waals surface area contributed by atoms with Gasteiger partial charge in [0, 0.05) is 28.6 Å². The highest BCUT2D eigenvalue weighted by Crippen LogP contribution is 2.49. The summed E-state index contributed by atoms with van der Waals surface area (Å²) in [6.07, 6.45) is 5.10. The SMILES string of the molecule is C=Nc1ccccc1SCNC(=C)CC1(CC)CN2CCCC21. The molecule has 0 aromatic heterocycles. The lowest BCUT2D eigenvalue weighted by Gasteiger charge is -2.55. The number of allylic oxidation sites excluding steroid dienone is 1. The molecule has 2 unspecified atom stereocenters. The van der Waals surface area contributed by atoms with Gasteiger partial charge in [0.25, 0.3) is 0 Å². The van der Waals surface area contributed by atoms with Crippen LogP contribution in [0.1, 0.15) is 32.6 Å². The summed E-state index contributed by atoms with van der Waals surface area (Å²) in [6.45, 7) is 12.8. The number of benzene rings is 1. The number of thioether (sulfide) groups is 1. The Morgan fingerprint density at radius 1 is 1.48 bits per heavy atom. The smallest absolute Gasteiger partial charge is 0.0758 e. The fourth-order valence-electron chi connectivity index (χ4n) is 4.17. The van der Waals surface area contributed by atoms with E-state index in [1.165, 1.54) is 42.9 Å². The van der Waals surface area contributed by atoms with E-state index in [2.05, 4.69) is 41.5 Å². The van der Waals surface area contributed by atoms with Gasteiger partial charge in [-0.1, -0.05) is 25.6 Å². The molecule has 23 heavy (non-hydrogen) atoms. The van der Waals surface area contributed by atoms with Gasteiger partial charge in [0.15, 0.2) is 0 Å². The van der Waals surface area contributed by atoms with Crippen molar-refractivity contribution < 1.29 is 0 Å². The quantitative estimate of drug-likeness (QED) is 0.434. The predicted molar refractivity (Wildman–Crippen MR) is 101 cm³/mol. The number of hydrogen-bond acceptors (Lipinski definition) is 4. The van der Waals surface area contributed by atoms with E-state index in [0.717, 1.165) is 24.0 Å². The van der Waals surface area contributed by atoms with E-state index in [4.69, 9.17) is 0 Å². The summed E-state index contributed by atoms with van der Waals surface area (Å²) >= 11 is 1.76. The van der Waals surface area contributed by atoms with Crippen LogP contribution < -0.4 is 5.32 Å². The fraction of sp³-hybridized carbons (Fsp3) is 0.526. The van der Waals surface area contributed by atoms with Gasteiger partial charge in [-0.05, 0) is 51.1 Å². The summed E-state index contributed by atoms with van der Waals surface area (Å²) in [5, 5.41) is 3.51. The lowest BCUT2D eigenvalue weighted by Crippen LogP contribution is -2.61. The topological polar surface area (TPSA) is 27.6 Å². The minimum Gasteiger partial charge on any atom is -0.379 e. The Balaban J connectivity index is 1.49. The van der Waals surface area contributed by atoms with Crippen molar-refractivity contribution in [3.63, 3.8) is 0 Å². The van der Waals surface area contributed by atoms with Gasteiger partial charge in [-0.25, -0.2) is 0 Å². The number of fused-ring (bicyclic) bond motifs is 1. The summed E-state index contributed by atoms with van der Waals surface area (Å²) in [6, 6.07) is 8.93. The van der Waals surface area contributed by atoms with Gasteiger partial charge in [0.2, 0.25) is 0 Å². The van der Waals surface area contributed by atoms with Crippen LogP contribution in [-0.2, 0) is 0 Å². The second kappa shape index (κ2) is 7.10. The summed E-state index contributed by atoms with van der Waals surface area (Å²) in [5.41, 5.74) is 2.59. The summed E-state index contributed by atoms with van der Waals surface area (Å²) < 4.78 is 0. The Morgan fingerprint density at radius 2 is 2.30 bits per heavy atom. The maximum absolute atomic E-state index is 4.28. The van der Waals surface area contributed by atoms with Crippen LogP contribution >= 0.6 is 11.8 Å². The van der Waals surface area contributed by atoms with Crippen LogP contribution in [0.4, 0.5) is 5.69 Å². The zero-order valence-electron chi connectivity index (χ0n) is 14.1. The molecule has 0 saturated carbocycles. The minimum absolute atomic E-state index is 0.464. The van der Waals surface area contributed by atoms with Crippen molar-refractivity contribution in [2.24, 2.45) is 10.4 Å². The molecule has 124 valence electrons. The van der Waals surface area contributed by atoms with Crippen molar-refractivity contribution in [3.8, 4) is 0 Å². The van der Waals surface area contributed by atoms with Crippen molar-refractivity contribution in [1.82, 2.24) is 10.2 Å². The van der Waals surface area contributed by atoms with Crippen LogP contribution in [0, 0.1) is 5.41 Å². The van der Waals surface area contributed by atoms with E-state index in [1.807, 2.05) is 18.2 Å². The Bertz CT molecular complexity index is 586. The van der Waals surface area contributed by atoms with Gasteiger partial charge in [-0.3, -0.25) is 9.89 Å². The van der Waals surface area contributed by atoms with Gasteiger partial charge in [-0.2, -0.15) is 0 Å². The first-order valence-electron chi connectivity index (χ1n) is 8.53. The predicted octanol–water partition coefficient (Wildman–Crippen LogP) is 4.44.